The summed E-state index contributed by atoms with van der Waals surface area (Å²) in [4.78, 5) is 12.0. The molecule has 0 aliphatic carbocycles. The third-order valence-electron chi connectivity index (χ3n) is 3.14. The van der Waals surface area contributed by atoms with E-state index >= 15 is 0 Å². The van der Waals surface area contributed by atoms with Crippen LogP contribution in [0.15, 0.2) is 6.20 Å². The summed E-state index contributed by atoms with van der Waals surface area (Å²) in [5, 5.41) is 5.93. The largest absolute Gasteiger partial charge is 0.435 e. The van der Waals surface area contributed by atoms with E-state index in [0.29, 0.717) is 5.92 Å². The van der Waals surface area contributed by atoms with E-state index in [4.69, 9.17) is 0 Å². The topological polar surface area (TPSA) is 46.9 Å². The molecule has 1 amide bonds. The maximum atomic E-state index is 12.8. The van der Waals surface area contributed by atoms with Gasteiger partial charge >= 0.3 is 6.18 Å². The molecule has 1 rings (SSSR count). The SMILES string of the molecule is CC(C)CCCC(C)NC(=O)c1cn(C)nc1C(F)(F)F. The van der Waals surface area contributed by atoms with Crippen molar-refractivity contribution in [3.8, 4) is 0 Å². The number of hydrogen-bond acceptors (Lipinski definition) is 2. The summed E-state index contributed by atoms with van der Waals surface area (Å²) < 4.78 is 39.4. The quantitative estimate of drug-likeness (QED) is 0.876. The Morgan fingerprint density at radius 1 is 1.33 bits per heavy atom. The van der Waals surface area contributed by atoms with Crippen LogP contribution in [0.4, 0.5) is 13.2 Å². The van der Waals surface area contributed by atoms with Crippen molar-refractivity contribution in [2.75, 3.05) is 0 Å². The highest BCUT2D eigenvalue weighted by Gasteiger charge is 2.39. The van der Waals surface area contributed by atoms with Crippen LogP contribution in [0.5, 0.6) is 0 Å². The van der Waals surface area contributed by atoms with Crippen molar-refractivity contribution in [2.45, 2.75) is 52.3 Å². The molecule has 120 valence electrons. The van der Waals surface area contributed by atoms with Crippen molar-refractivity contribution in [2.24, 2.45) is 13.0 Å². The molecule has 1 unspecified atom stereocenters. The van der Waals surface area contributed by atoms with Gasteiger partial charge in [0.15, 0.2) is 5.69 Å². The molecule has 0 fully saturated rings. The number of aryl methyl sites for hydroxylation is 1. The molecule has 0 radical (unpaired) electrons. The maximum Gasteiger partial charge on any atom is 0.435 e. The van der Waals surface area contributed by atoms with Crippen molar-refractivity contribution in [3.05, 3.63) is 17.5 Å². The van der Waals surface area contributed by atoms with E-state index in [-0.39, 0.29) is 6.04 Å². The highest BCUT2D eigenvalue weighted by atomic mass is 19.4. The number of nitrogens with one attached hydrogen (secondary N) is 1. The minimum atomic E-state index is -4.63. The molecule has 4 nitrogen and oxygen atoms in total. The van der Waals surface area contributed by atoms with E-state index in [1.54, 1.807) is 6.92 Å². The molecule has 0 aliphatic rings. The first-order valence-electron chi connectivity index (χ1n) is 7.03. The highest BCUT2D eigenvalue weighted by molar-refractivity contribution is 5.95. The molecule has 0 saturated heterocycles. The van der Waals surface area contributed by atoms with Gasteiger partial charge < -0.3 is 5.32 Å². The Kier molecular flexibility index (Phi) is 5.80. The normalized spacial score (nSPS) is 13.5. The first kappa shape index (κ1) is 17.5. The molecular formula is C14H22F3N3O. The van der Waals surface area contributed by atoms with Crippen molar-refractivity contribution in [1.29, 1.82) is 0 Å². The summed E-state index contributed by atoms with van der Waals surface area (Å²) in [5.74, 6) is -0.157. The molecule has 21 heavy (non-hydrogen) atoms. The van der Waals surface area contributed by atoms with Crippen LogP contribution in [0.25, 0.3) is 0 Å². The van der Waals surface area contributed by atoms with Crippen molar-refractivity contribution in [3.63, 3.8) is 0 Å². The van der Waals surface area contributed by atoms with Crippen molar-refractivity contribution >= 4 is 5.91 Å². The smallest absolute Gasteiger partial charge is 0.349 e. The van der Waals surface area contributed by atoms with Crippen LogP contribution in [0.2, 0.25) is 0 Å². The number of hydrogen-bond donors (Lipinski definition) is 1. The minimum absolute atomic E-state index is 0.169. The van der Waals surface area contributed by atoms with Gasteiger partial charge in [-0.15, -0.1) is 0 Å². The monoisotopic (exact) mass is 305 g/mol. The minimum Gasteiger partial charge on any atom is -0.349 e. The Morgan fingerprint density at radius 2 is 1.95 bits per heavy atom. The summed E-state index contributed by atoms with van der Waals surface area (Å²) >= 11 is 0. The van der Waals surface area contributed by atoms with E-state index < -0.39 is 23.3 Å². The van der Waals surface area contributed by atoms with Gasteiger partial charge in [-0.25, -0.2) is 0 Å². The van der Waals surface area contributed by atoms with Crippen LogP contribution < -0.4 is 5.32 Å². The van der Waals surface area contributed by atoms with Crippen LogP contribution >= 0.6 is 0 Å². The van der Waals surface area contributed by atoms with E-state index in [1.807, 2.05) is 0 Å². The zero-order valence-electron chi connectivity index (χ0n) is 12.8. The standard InChI is InChI=1S/C14H22F3N3O/c1-9(2)6-5-7-10(3)18-13(21)11-8-20(4)19-12(11)14(15,16)17/h8-10H,5-7H2,1-4H3,(H,18,21). The highest BCUT2D eigenvalue weighted by Crippen LogP contribution is 2.30. The lowest BCUT2D eigenvalue weighted by Crippen LogP contribution is -2.33. The van der Waals surface area contributed by atoms with E-state index in [2.05, 4.69) is 24.3 Å². The molecule has 1 aromatic rings. The fourth-order valence-electron chi connectivity index (χ4n) is 2.07. The van der Waals surface area contributed by atoms with Crippen LogP contribution in [0, 0.1) is 5.92 Å². The molecule has 1 aromatic heterocycles. The van der Waals surface area contributed by atoms with Crippen molar-refractivity contribution < 1.29 is 18.0 Å². The van der Waals surface area contributed by atoms with Gasteiger partial charge in [-0.1, -0.05) is 26.7 Å². The Labute approximate surface area is 122 Å². The first-order valence-corrected chi connectivity index (χ1v) is 7.03. The van der Waals surface area contributed by atoms with Gasteiger partial charge in [0.25, 0.3) is 5.91 Å². The predicted octanol–water partition coefficient (Wildman–Crippen LogP) is 3.38. The second kappa shape index (κ2) is 6.95. The van der Waals surface area contributed by atoms with Crippen LogP contribution in [-0.4, -0.2) is 21.7 Å². The lowest BCUT2D eigenvalue weighted by atomic mass is 10.0. The number of amides is 1. The second-order valence-corrected chi connectivity index (χ2v) is 5.76. The Morgan fingerprint density at radius 3 is 2.48 bits per heavy atom. The molecule has 0 bridgehead atoms. The van der Waals surface area contributed by atoms with E-state index in [9.17, 15) is 18.0 Å². The zero-order chi connectivity index (χ0) is 16.2. The molecule has 0 saturated carbocycles. The zero-order valence-corrected chi connectivity index (χ0v) is 12.8. The summed E-state index contributed by atoms with van der Waals surface area (Å²) in [6, 6.07) is -0.169. The number of rotatable bonds is 6. The number of halogens is 3. The summed E-state index contributed by atoms with van der Waals surface area (Å²) in [6.45, 7) is 6.00. The van der Waals surface area contributed by atoms with Gasteiger partial charge in [-0.05, 0) is 19.3 Å². The fraction of sp³-hybridized carbons (Fsp3) is 0.714. The summed E-state index contributed by atoms with van der Waals surface area (Å²) in [5.41, 5.74) is -1.57. The van der Waals surface area contributed by atoms with Gasteiger partial charge in [0.1, 0.15) is 0 Å². The molecule has 0 aliphatic heterocycles. The van der Waals surface area contributed by atoms with E-state index in [1.165, 1.54) is 7.05 Å². The summed E-state index contributed by atoms with van der Waals surface area (Å²) in [7, 11) is 1.36. The van der Waals surface area contributed by atoms with Crippen molar-refractivity contribution in [1.82, 2.24) is 15.1 Å². The first-order chi connectivity index (χ1) is 9.61. The lowest BCUT2D eigenvalue weighted by molar-refractivity contribution is -0.141. The van der Waals surface area contributed by atoms with Crippen LogP contribution in [-0.2, 0) is 13.2 Å². The van der Waals surface area contributed by atoms with Gasteiger partial charge in [0.2, 0.25) is 0 Å². The summed E-state index contributed by atoms with van der Waals surface area (Å²) in [6.07, 6.45) is -0.835. The number of aromatic nitrogens is 2. The number of alkyl halides is 3. The molecule has 1 N–H and O–H groups in total. The average molecular weight is 305 g/mol. The van der Waals surface area contributed by atoms with Gasteiger partial charge in [-0.2, -0.15) is 18.3 Å². The van der Waals surface area contributed by atoms with E-state index in [0.717, 1.165) is 30.1 Å². The van der Waals surface area contributed by atoms with Gasteiger partial charge in [-0.3, -0.25) is 9.48 Å². The van der Waals surface area contributed by atoms with Crippen LogP contribution in [0.3, 0.4) is 0 Å². The second-order valence-electron chi connectivity index (χ2n) is 5.76. The molecular weight excluding hydrogens is 283 g/mol. The third-order valence-corrected chi connectivity index (χ3v) is 3.14. The maximum absolute atomic E-state index is 12.8. The number of carbonyl (C=O) groups excluding carboxylic acids is 1. The third kappa shape index (κ3) is 5.40. The molecule has 0 aromatic carbocycles. The average Bonchev–Trinajstić information content (AvgIpc) is 2.70. The van der Waals surface area contributed by atoms with Crippen LogP contribution in [0.1, 0.15) is 56.1 Å². The lowest BCUT2D eigenvalue weighted by Gasteiger charge is -2.14. The Bertz CT molecular complexity index is 480. The number of nitrogens with zero attached hydrogens (tertiary/aromatic N) is 2. The molecule has 1 heterocycles. The molecule has 7 heteroatoms. The number of carbonyl (C=O) groups is 1. The fourth-order valence-corrected chi connectivity index (χ4v) is 2.07. The Hall–Kier alpha value is -1.53. The Balaban J connectivity index is 2.68. The molecule has 0 spiro atoms. The predicted molar refractivity (Wildman–Crippen MR) is 73.8 cm³/mol. The van der Waals surface area contributed by atoms with Gasteiger partial charge in [0.05, 0.1) is 5.56 Å². The van der Waals surface area contributed by atoms with Gasteiger partial charge in [0, 0.05) is 19.3 Å². The molecule has 1 atom stereocenters.